The molecule has 0 amide bonds. The Kier molecular flexibility index (Phi) is 9.33. The van der Waals surface area contributed by atoms with Gasteiger partial charge in [0.05, 0.1) is 7.11 Å². The fourth-order valence-corrected chi connectivity index (χ4v) is 2.46. The van der Waals surface area contributed by atoms with E-state index in [0.29, 0.717) is 12.5 Å². The van der Waals surface area contributed by atoms with Crippen LogP contribution in [0.4, 0.5) is 0 Å². The van der Waals surface area contributed by atoms with E-state index in [1.54, 1.807) is 20.4 Å². The van der Waals surface area contributed by atoms with E-state index in [-0.39, 0.29) is 24.0 Å². The highest BCUT2D eigenvalue weighted by Gasteiger charge is 2.07. The minimum Gasteiger partial charge on any atom is -0.496 e. The molecule has 1 aromatic heterocycles. The van der Waals surface area contributed by atoms with Crippen molar-refractivity contribution >= 4 is 29.9 Å². The number of methoxy groups -OCH3 is 1. The zero-order valence-corrected chi connectivity index (χ0v) is 17.7. The first kappa shape index (κ1) is 21.3. The lowest BCUT2D eigenvalue weighted by atomic mass is 10.1. The molecule has 2 N–H and O–H groups in total. The Morgan fingerprint density at radius 3 is 2.80 bits per heavy atom. The minimum atomic E-state index is 0. The Bertz CT molecular complexity index is 657. The monoisotopic (exact) mass is 457 g/mol. The fraction of sp³-hybridized carbons (Fsp3) is 0.444. The maximum absolute atomic E-state index is 5.44. The van der Waals surface area contributed by atoms with Crippen LogP contribution in [0.3, 0.4) is 0 Å². The van der Waals surface area contributed by atoms with Crippen molar-refractivity contribution in [3.63, 3.8) is 0 Å². The quantitative estimate of drug-likeness (QED) is 0.382. The molecule has 0 aliphatic rings. The molecule has 0 saturated carbocycles. The molecule has 25 heavy (non-hydrogen) atoms. The van der Waals surface area contributed by atoms with E-state index in [0.717, 1.165) is 30.4 Å². The molecule has 0 aliphatic carbocycles. The third-order valence-corrected chi connectivity index (χ3v) is 3.79. The van der Waals surface area contributed by atoms with Crippen LogP contribution in [0.1, 0.15) is 18.1 Å². The van der Waals surface area contributed by atoms with Crippen molar-refractivity contribution in [2.75, 3.05) is 20.7 Å². The van der Waals surface area contributed by atoms with Crippen LogP contribution in [0.15, 0.2) is 41.7 Å². The summed E-state index contributed by atoms with van der Waals surface area (Å²) in [5.41, 5.74) is 2.29. The summed E-state index contributed by atoms with van der Waals surface area (Å²) in [5, 5.41) is 10.9. The van der Waals surface area contributed by atoms with Gasteiger partial charge in [0.1, 0.15) is 5.75 Å². The largest absolute Gasteiger partial charge is 0.496 e. The third-order valence-electron chi connectivity index (χ3n) is 3.79. The lowest BCUT2D eigenvalue weighted by Gasteiger charge is -2.17. The van der Waals surface area contributed by atoms with Crippen LogP contribution >= 0.6 is 24.0 Å². The Morgan fingerprint density at radius 2 is 2.16 bits per heavy atom. The number of nitrogens with zero attached hydrogens (tertiary/aromatic N) is 3. The van der Waals surface area contributed by atoms with E-state index in [1.807, 2.05) is 23.0 Å². The highest BCUT2D eigenvalue weighted by atomic mass is 127. The van der Waals surface area contributed by atoms with Gasteiger partial charge in [-0.3, -0.25) is 9.67 Å². The number of nitrogens with one attached hydrogen (secondary N) is 2. The van der Waals surface area contributed by atoms with Crippen LogP contribution < -0.4 is 15.4 Å². The number of hydrogen-bond acceptors (Lipinski definition) is 3. The van der Waals surface area contributed by atoms with Gasteiger partial charge in [-0.15, -0.1) is 24.0 Å². The van der Waals surface area contributed by atoms with Crippen LogP contribution in [0.5, 0.6) is 5.75 Å². The molecule has 2 rings (SSSR count). The fourth-order valence-electron chi connectivity index (χ4n) is 2.46. The van der Waals surface area contributed by atoms with Crippen molar-refractivity contribution in [2.24, 2.45) is 10.9 Å². The Morgan fingerprint density at radius 1 is 1.36 bits per heavy atom. The van der Waals surface area contributed by atoms with Gasteiger partial charge in [0, 0.05) is 44.6 Å². The first-order chi connectivity index (χ1) is 11.6. The summed E-state index contributed by atoms with van der Waals surface area (Å²) in [6.07, 6.45) is 3.78. The standard InChI is InChI=1S/C18H27N5O.HI/c1-14-6-7-16(17(10-14)24-4)12-21-18(19-3)20-11-15(2)13-23-9-5-8-22-23;/h5-10,15H,11-13H2,1-4H3,(H2,19,20,21);1H. The summed E-state index contributed by atoms with van der Waals surface area (Å²) in [7, 11) is 3.47. The number of aromatic nitrogens is 2. The van der Waals surface area contributed by atoms with Crippen molar-refractivity contribution in [3.8, 4) is 5.75 Å². The predicted octanol–water partition coefficient (Wildman–Crippen LogP) is 2.82. The number of rotatable bonds is 7. The first-order valence-corrected chi connectivity index (χ1v) is 8.18. The minimum absolute atomic E-state index is 0. The van der Waals surface area contributed by atoms with Crippen molar-refractivity contribution < 1.29 is 4.74 Å². The van der Waals surface area contributed by atoms with Gasteiger partial charge in [0.15, 0.2) is 5.96 Å². The second kappa shape index (κ2) is 11.0. The third kappa shape index (κ3) is 6.93. The Labute approximate surface area is 167 Å². The molecular weight excluding hydrogens is 429 g/mol. The zero-order valence-electron chi connectivity index (χ0n) is 15.3. The van der Waals surface area contributed by atoms with E-state index in [4.69, 9.17) is 4.74 Å². The lowest BCUT2D eigenvalue weighted by Crippen LogP contribution is -2.39. The summed E-state index contributed by atoms with van der Waals surface area (Å²) in [6, 6.07) is 8.14. The van der Waals surface area contributed by atoms with E-state index in [1.165, 1.54) is 5.56 Å². The zero-order chi connectivity index (χ0) is 17.4. The second-order valence-electron chi connectivity index (χ2n) is 5.96. The molecule has 1 aromatic carbocycles. The van der Waals surface area contributed by atoms with Crippen molar-refractivity contribution in [1.29, 1.82) is 0 Å². The highest BCUT2D eigenvalue weighted by molar-refractivity contribution is 14.0. The first-order valence-electron chi connectivity index (χ1n) is 8.18. The maximum atomic E-state index is 5.44. The maximum Gasteiger partial charge on any atom is 0.191 e. The molecule has 6 nitrogen and oxygen atoms in total. The Balaban J connectivity index is 0.00000312. The molecule has 0 radical (unpaired) electrons. The van der Waals surface area contributed by atoms with Gasteiger partial charge in [-0.2, -0.15) is 5.10 Å². The van der Waals surface area contributed by atoms with Crippen LogP contribution in [0, 0.1) is 12.8 Å². The Hall–Kier alpha value is -1.77. The molecule has 1 atom stereocenters. The molecule has 0 bridgehead atoms. The van der Waals surface area contributed by atoms with Gasteiger partial charge in [-0.05, 0) is 30.5 Å². The summed E-state index contributed by atoms with van der Waals surface area (Å²) in [6.45, 7) is 6.61. The van der Waals surface area contributed by atoms with Gasteiger partial charge in [-0.25, -0.2) is 0 Å². The second-order valence-corrected chi connectivity index (χ2v) is 5.96. The topological polar surface area (TPSA) is 63.5 Å². The van der Waals surface area contributed by atoms with Crippen LogP contribution in [-0.2, 0) is 13.1 Å². The number of ether oxygens (including phenoxy) is 1. The average molecular weight is 457 g/mol. The van der Waals surface area contributed by atoms with E-state index >= 15 is 0 Å². The molecule has 0 spiro atoms. The lowest BCUT2D eigenvalue weighted by molar-refractivity contribution is 0.408. The molecule has 1 heterocycles. The number of aliphatic imine (C=N–C) groups is 1. The molecule has 138 valence electrons. The van der Waals surface area contributed by atoms with Crippen molar-refractivity contribution in [2.45, 2.75) is 26.9 Å². The number of benzene rings is 1. The molecule has 0 fully saturated rings. The normalized spacial score (nSPS) is 12.2. The van der Waals surface area contributed by atoms with Gasteiger partial charge >= 0.3 is 0 Å². The summed E-state index contributed by atoms with van der Waals surface area (Å²) >= 11 is 0. The average Bonchev–Trinajstić information content (AvgIpc) is 3.08. The number of aryl methyl sites for hydroxylation is 1. The molecule has 1 unspecified atom stereocenters. The molecule has 0 saturated heterocycles. The van der Waals surface area contributed by atoms with E-state index < -0.39 is 0 Å². The molecule has 0 aliphatic heterocycles. The molecule has 7 heteroatoms. The van der Waals surface area contributed by atoms with Crippen molar-refractivity contribution in [1.82, 2.24) is 20.4 Å². The van der Waals surface area contributed by atoms with Crippen LogP contribution in [-0.4, -0.2) is 36.4 Å². The van der Waals surface area contributed by atoms with E-state index in [9.17, 15) is 0 Å². The highest BCUT2D eigenvalue weighted by Crippen LogP contribution is 2.19. The predicted molar refractivity (Wildman–Crippen MR) is 113 cm³/mol. The number of halogens is 1. The summed E-state index contributed by atoms with van der Waals surface area (Å²) in [5.74, 6) is 2.12. The van der Waals surface area contributed by atoms with Crippen LogP contribution in [0.25, 0.3) is 0 Å². The number of guanidine groups is 1. The summed E-state index contributed by atoms with van der Waals surface area (Å²) < 4.78 is 7.38. The van der Waals surface area contributed by atoms with Gasteiger partial charge in [0.25, 0.3) is 0 Å². The van der Waals surface area contributed by atoms with Gasteiger partial charge in [-0.1, -0.05) is 19.1 Å². The molecule has 2 aromatic rings. The smallest absolute Gasteiger partial charge is 0.191 e. The van der Waals surface area contributed by atoms with E-state index in [2.05, 4.69) is 46.7 Å². The van der Waals surface area contributed by atoms with Gasteiger partial charge < -0.3 is 15.4 Å². The summed E-state index contributed by atoms with van der Waals surface area (Å²) in [4.78, 5) is 4.28. The van der Waals surface area contributed by atoms with Crippen LogP contribution in [0.2, 0.25) is 0 Å². The number of hydrogen-bond donors (Lipinski definition) is 2. The van der Waals surface area contributed by atoms with Crippen molar-refractivity contribution in [3.05, 3.63) is 47.8 Å². The molecular formula is C18H28IN5O. The van der Waals surface area contributed by atoms with Gasteiger partial charge in [0.2, 0.25) is 0 Å². The SMILES string of the molecule is CN=C(NCc1ccc(C)cc1OC)NCC(C)Cn1cccn1.I.